The van der Waals surface area contributed by atoms with Crippen LogP contribution in [0.3, 0.4) is 0 Å². The van der Waals surface area contributed by atoms with Crippen LogP contribution in [-0.2, 0) is 13.0 Å². The van der Waals surface area contributed by atoms with Gasteiger partial charge in [0.2, 0.25) is 0 Å². The molecular weight excluding hydrogens is 166 g/mol. The van der Waals surface area contributed by atoms with Crippen LogP contribution in [-0.4, -0.2) is 26.0 Å². The zero-order valence-corrected chi connectivity index (χ0v) is 7.48. The van der Waals surface area contributed by atoms with Crippen LogP contribution in [0.15, 0.2) is 0 Å². The minimum atomic E-state index is -0.232. The quantitative estimate of drug-likeness (QED) is 0.681. The maximum atomic E-state index is 9.45. The Morgan fingerprint density at radius 1 is 1.31 bits per heavy atom. The van der Waals surface area contributed by atoms with Crippen molar-refractivity contribution in [2.75, 3.05) is 0 Å². The van der Waals surface area contributed by atoms with E-state index in [-0.39, 0.29) is 6.10 Å². The number of aliphatic hydroxyl groups excluding tert-OH is 1. The highest BCUT2D eigenvalue weighted by Gasteiger charge is 2.30. The van der Waals surface area contributed by atoms with Gasteiger partial charge < -0.3 is 9.67 Å². The van der Waals surface area contributed by atoms with E-state index in [1.165, 1.54) is 19.3 Å². The molecule has 1 aliphatic heterocycles. The molecule has 70 valence electrons. The zero-order valence-electron chi connectivity index (χ0n) is 7.48. The molecule has 0 saturated heterocycles. The van der Waals surface area contributed by atoms with E-state index in [4.69, 9.17) is 0 Å². The van der Waals surface area contributed by atoms with Crippen molar-refractivity contribution in [2.45, 2.75) is 44.2 Å². The minimum Gasteiger partial charge on any atom is -0.391 e. The van der Waals surface area contributed by atoms with Crippen LogP contribution in [0.2, 0.25) is 0 Å². The minimum absolute atomic E-state index is 0.232. The molecule has 1 aromatic heterocycles. The summed E-state index contributed by atoms with van der Waals surface area (Å²) in [5, 5.41) is 17.7. The number of fused-ring (bicyclic) bond motifs is 1. The van der Waals surface area contributed by atoms with Crippen molar-refractivity contribution in [1.82, 2.24) is 14.8 Å². The fourth-order valence-electron chi connectivity index (χ4n) is 2.15. The van der Waals surface area contributed by atoms with E-state index in [0.717, 1.165) is 11.6 Å². The third-order valence-electron chi connectivity index (χ3n) is 3.14. The van der Waals surface area contributed by atoms with Gasteiger partial charge in [-0.25, -0.2) is 0 Å². The van der Waals surface area contributed by atoms with Gasteiger partial charge in [0.05, 0.1) is 12.6 Å². The van der Waals surface area contributed by atoms with Gasteiger partial charge in [0.15, 0.2) is 0 Å². The van der Waals surface area contributed by atoms with Crippen molar-refractivity contribution >= 4 is 0 Å². The molecular formula is C9H13N3O. The Morgan fingerprint density at radius 2 is 2.15 bits per heavy atom. The summed E-state index contributed by atoms with van der Waals surface area (Å²) in [4.78, 5) is 0. The number of aliphatic hydroxyl groups is 1. The van der Waals surface area contributed by atoms with E-state index in [1.807, 2.05) is 0 Å². The summed E-state index contributed by atoms with van der Waals surface area (Å²) in [6.45, 7) is 0.703. The van der Waals surface area contributed by atoms with Gasteiger partial charge in [-0.1, -0.05) is 6.42 Å². The number of hydrogen-bond acceptors (Lipinski definition) is 3. The van der Waals surface area contributed by atoms with Gasteiger partial charge in [-0.3, -0.25) is 0 Å². The Morgan fingerprint density at radius 3 is 2.85 bits per heavy atom. The molecule has 0 spiro atoms. The van der Waals surface area contributed by atoms with Gasteiger partial charge in [-0.2, -0.15) is 0 Å². The summed E-state index contributed by atoms with van der Waals surface area (Å²) in [6.07, 6.45) is 4.25. The van der Waals surface area contributed by atoms with Gasteiger partial charge in [-0.15, -0.1) is 10.2 Å². The van der Waals surface area contributed by atoms with Crippen LogP contribution >= 0.6 is 0 Å². The van der Waals surface area contributed by atoms with Crippen LogP contribution in [0.5, 0.6) is 0 Å². The Labute approximate surface area is 76.6 Å². The maximum Gasteiger partial charge on any atom is 0.136 e. The zero-order chi connectivity index (χ0) is 8.84. The summed E-state index contributed by atoms with van der Waals surface area (Å²) in [5.41, 5.74) is 0. The summed E-state index contributed by atoms with van der Waals surface area (Å²) in [5.74, 6) is 2.69. The fraction of sp³-hybridized carbons (Fsp3) is 0.778. The lowest BCUT2D eigenvalue weighted by molar-refractivity contribution is 0.173. The van der Waals surface area contributed by atoms with E-state index < -0.39 is 0 Å². The first-order chi connectivity index (χ1) is 6.34. The molecule has 1 N–H and O–H groups in total. The smallest absolute Gasteiger partial charge is 0.136 e. The molecule has 0 aromatic carbocycles. The lowest BCUT2D eigenvalue weighted by Crippen LogP contribution is -2.17. The largest absolute Gasteiger partial charge is 0.391 e. The first kappa shape index (κ1) is 7.50. The highest BCUT2D eigenvalue weighted by atomic mass is 16.3. The van der Waals surface area contributed by atoms with Crippen molar-refractivity contribution in [2.24, 2.45) is 0 Å². The number of aromatic nitrogens is 3. The Balaban J connectivity index is 1.94. The van der Waals surface area contributed by atoms with E-state index in [9.17, 15) is 5.11 Å². The van der Waals surface area contributed by atoms with Crippen LogP contribution in [0.25, 0.3) is 0 Å². The normalized spacial score (nSPS) is 27.3. The molecule has 1 aliphatic carbocycles. The van der Waals surface area contributed by atoms with Gasteiger partial charge in [0, 0.05) is 12.3 Å². The molecule has 1 fully saturated rings. The SMILES string of the molecule is OC1Cc2nnc(C3CCC3)n2C1. The molecule has 0 radical (unpaired) electrons. The molecule has 1 saturated carbocycles. The molecule has 2 aliphatic rings. The van der Waals surface area contributed by atoms with Crippen LogP contribution < -0.4 is 0 Å². The summed E-state index contributed by atoms with van der Waals surface area (Å²) >= 11 is 0. The molecule has 0 bridgehead atoms. The predicted molar refractivity (Wildman–Crippen MR) is 46.3 cm³/mol. The second-order valence-electron chi connectivity index (χ2n) is 4.07. The second kappa shape index (κ2) is 2.54. The van der Waals surface area contributed by atoms with Crippen molar-refractivity contribution in [3.05, 3.63) is 11.6 Å². The first-order valence-corrected chi connectivity index (χ1v) is 4.94. The first-order valence-electron chi connectivity index (χ1n) is 4.94. The second-order valence-corrected chi connectivity index (χ2v) is 4.07. The van der Waals surface area contributed by atoms with Gasteiger partial charge >= 0.3 is 0 Å². The topological polar surface area (TPSA) is 50.9 Å². The summed E-state index contributed by atoms with van der Waals surface area (Å²) in [6, 6.07) is 0. The molecule has 2 heterocycles. The van der Waals surface area contributed by atoms with Crippen molar-refractivity contribution in [3.63, 3.8) is 0 Å². The number of nitrogens with zero attached hydrogens (tertiary/aromatic N) is 3. The van der Waals surface area contributed by atoms with Crippen molar-refractivity contribution in [3.8, 4) is 0 Å². The maximum absolute atomic E-state index is 9.45. The van der Waals surface area contributed by atoms with Gasteiger partial charge in [0.25, 0.3) is 0 Å². The molecule has 13 heavy (non-hydrogen) atoms. The molecule has 4 heteroatoms. The highest BCUT2D eigenvalue weighted by molar-refractivity contribution is 5.09. The Kier molecular flexibility index (Phi) is 1.47. The monoisotopic (exact) mass is 179 g/mol. The lowest BCUT2D eigenvalue weighted by Gasteiger charge is -2.24. The van der Waals surface area contributed by atoms with Gasteiger partial charge in [0.1, 0.15) is 11.6 Å². The predicted octanol–water partition coefficient (Wildman–Crippen LogP) is 0.463. The number of rotatable bonds is 1. The summed E-state index contributed by atoms with van der Waals surface area (Å²) < 4.78 is 2.11. The molecule has 3 rings (SSSR count). The molecule has 4 nitrogen and oxygen atoms in total. The molecule has 1 aromatic rings. The fourth-order valence-corrected chi connectivity index (χ4v) is 2.15. The Bertz CT molecular complexity index is 330. The molecule has 1 unspecified atom stereocenters. The van der Waals surface area contributed by atoms with Crippen molar-refractivity contribution < 1.29 is 5.11 Å². The van der Waals surface area contributed by atoms with Crippen LogP contribution in [0.1, 0.15) is 36.8 Å². The van der Waals surface area contributed by atoms with E-state index in [0.29, 0.717) is 18.9 Å². The van der Waals surface area contributed by atoms with Crippen LogP contribution in [0.4, 0.5) is 0 Å². The molecule has 0 amide bonds. The van der Waals surface area contributed by atoms with Crippen molar-refractivity contribution in [1.29, 1.82) is 0 Å². The third kappa shape index (κ3) is 1.01. The average Bonchev–Trinajstić information content (AvgIpc) is 2.47. The van der Waals surface area contributed by atoms with E-state index >= 15 is 0 Å². The van der Waals surface area contributed by atoms with E-state index in [2.05, 4.69) is 14.8 Å². The third-order valence-corrected chi connectivity index (χ3v) is 3.14. The summed E-state index contributed by atoms with van der Waals surface area (Å²) in [7, 11) is 0. The van der Waals surface area contributed by atoms with Crippen LogP contribution in [0, 0.1) is 0 Å². The van der Waals surface area contributed by atoms with Gasteiger partial charge in [-0.05, 0) is 12.8 Å². The highest BCUT2D eigenvalue weighted by Crippen LogP contribution is 2.36. The molecule has 1 atom stereocenters. The number of hydrogen-bond donors (Lipinski definition) is 1. The Hall–Kier alpha value is -0.900. The average molecular weight is 179 g/mol. The standard InChI is InChI=1S/C9H13N3O/c13-7-4-8-10-11-9(12(8)5-7)6-2-1-3-6/h6-7,13H,1-5H2. The van der Waals surface area contributed by atoms with E-state index in [1.54, 1.807) is 0 Å². The lowest BCUT2D eigenvalue weighted by atomic mass is 9.85.